The van der Waals surface area contributed by atoms with E-state index < -0.39 is 11.8 Å². The zero-order valence-electron chi connectivity index (χ0n) is 11.5. The molecule has 0 heterocycles. The van der Waals surface area contributed by atoms with Crippen LogP contribution in [0.25, 0.3) is 0 Å². The average molecular weight is 290 g/mol. The van der Waals surface area contributed by atoms with Crippen LogP contribution < -0.4 is 9.47 Å². The Kier molecular flexibility index (Phi) is 4.77. The lowest BCUT2D eigenvalue weighted by atomic mass is 10.2. The summed E-state index contributed by atoms with van der Waals surface area (Å²) in [6.07, 6.45) is 0.839. The smallest absolute Gasteiger partial charge is 0.339 e. The number of ether oxygens (including phenoxy) is 2. The molecule has 0 fully saturated rings. The Morgan fingerprint density at radius 2 is 1.86 bits per heavy atom. The maximum Gasteiger partial charge on any atom is 0.339 e. The van der Waals surface area contributed by atoms with Gasteiger partial charge in [0.15, 0.2) is 11.5 Å². The van der Waals surface area contributed by atoms with Crippen LogP contribution in [-0.4, -0.2) is 17.7 Å². The summed E-state index contributed by atoms with van der Waals surface area (Å²) in [5, 5.41) is 9.10. The van der Waals surface area contributed by atoms with E-state index in [1.165, 1.54) is 6.07 Å². The first-order valence-electron chi connectivity index (χ1n) is 6.54. The molecule has 110 valence electrons. The lowest BCUT2D eigenvalue weighted by Crippen LogP contribution is -2.02. The number of rotatable bonds is 6. The topological polar surface area (TPSA) is 55.8 Å². The summed E-state index contributed by atoms with van der Waals surface area (Å²) in [5.74, 6) is -0.914. The SMILES string of the molecule is CCCOc1ccccc1Oc1ccc(F)cc1C(=O)O. The van der Waals surface area contributed by atoms with Gasteiger partial charge in [-0.3, -0.25) is 0 Å². The van der Waals surface area contributed by atoms with Crippen LogP contribution in [-0.2, 0) is 0 Å². The summed E-state index contributed by atoms with van der Waals surface area (Å²) in [6, 6.07) is 10.3. The maximum atomic E-state index is 13.1. The highest BCUT2D eigenvalue weighted by molar-refractivity contribution is 5.91. The predicted molar refractivity (Wildman–Crippen MR) is 75.7 cm³/mol. The summed E-state index contributed by atoms with van der Waals surface area (Å²) >= 11 is 0. The van der Waals surface area contributed by atoms with E-state index in [9.17, 15) is 9.18 Å². The molecule has 21 heavy (non-hydrogen) atoms. The number of benzene rings is 2. The zero-order valence-corrected chi connectivity index (χ0v) is 11.5. The highest BCUT2D eigenvalue weighted by Crippen LogP contribution is 2.33. The quantitative estimate of drug-likeness (QED) is 0.870. The number of aromatic carboxylic acids is 1. The molecule has 2 aromatic carbocycles. The summed E-state index contributed by atoms with van der Waals surface area (Å²) in [4.78, 5) is 11.1. The van der Waals surface area contributed by atoms with E-state index in [1.807, 2.05) is 6.92 Å². The fraction of sp³-hybridized carbons (Fsp3) is 0.188. The Balaban J connectivity index is 2.32. The molecule has 0 atom stereocenters. The van der Waals surface area contributed by atoms with Crippen molar-refractivity contribution in [3.05, 3.63) is 53.8 Å². The number of carboxylic acid groups (broad SMARTS) is 1. The van der Waals surface area contributed by atoms with Crippen LogP contribution in [0.1, 0.15) is 23.7 Å². The second-order valence-corrected chi connectivity index (χ2v) is 4.34. The minimum atomic E-state index is -1.25. The molecule has 0 amide bonds. The Morgan fingerprint density at radius 3 is 2.52 bits per heavy atom. The molecule has 4 nitrogen and oxygen atoms in total. The standard InChI is InChI=1S/C16H15FO4/c1-2-9-20-14-5-3-4-6-15(14)21-13-8-7-11(17)10-12(13)16(18)19/h3-8,10H,2,9H2,1H3,(H,18,19). The van der Waals surface area contributed by atoms with Gasteiger partial charge in [-0.25, -0.2) is 9.18 Å². The fourth-order valence-electron chi connectivity index (χ4n) is 1.74. The van der Waals surface area contributed by atoms with Crippen molar-refractivity contribution in [1.29, 1.82) is 0 Å². The van der Waals surface area contributed by atoms with Crippen molar-refractivity contribution in [3.8, 4) is 17.2 Å². The third-order valence-corrected chi connectivity index (χ3v) is 2.70. The molecule has 5 heteroatoms. The first-order valence-corrected chi connectivity index (χ1v) is 6.54. The summed E-state index contributed by atoms with van der Waals surface area (Å²) < 4.78 is 24.3. The maximum absolute atomic E-state index is 13.1. The van der Waals surface area contributed by atoms with Crippen molar-refractivity contribution in [3.63, 3.8) is 0 Å². The summed E-state index contributed by atoms with van der Waals surface area (Å²) in [6.45, 7) is 2.50. The summed E-state index contributed by atoms with van der Waals surface area (Å²) in [5.41, 5.74) is -0.236. The number of carbonyl (C=O) groups is 1. The number of para-hydroxylation sites is 2. The highest BCUT2D eigenvalue weighted by atomic mass is 19.1. The number of halogens is 1. The van der Waals surface area contributed by atoms with Crippen molar-refractivity contribution in [1.82, 2.24) is 0 Å². The number of hydrogen-bond acceptors (Lipinski definition) is 3. The van der Waals surface area contributed by atoms with E-state index >= 15 is 0 Å². The molecular weight excluding hydrogens is 275 g/mol. The van der Waals surface area contributed by atoms with Crippen LogP contribution in [0.4, 0.5) is 4.39 Å². The molecule has 2 rings (SSSR count). The Bertz CT molecular complexity index is 640. The second-order valence-electron chi connectivity index (χ2n) is 4.34. The Morgan fingerprint density at radius 1 is 1.14 bits per heavy atom. The molecule has 2 aromatic rings. The van der Waals surface area contributed by atoms with Gasteiger partial charge >= 0.3 is 5.97 Å². The van der Waals surface area contributed by atoms with Gasteiger partial charge in [-0.05, 0) is 36.8 Å². The number of carboxylic acids is 1. The van der Waals surface area contributed by atoms with Crippen LogP contribution in [0.5, 0.6) is 17.2 Å². The van der Waals surface area contributed by atoms with E-state index in [2.05, 4.69) is 0 Å². The third-order valence-electron chi connectivity index (χ3n) is 2.70. The van der Waals surface area contributed by atoms with Gasteiger partial charge in [0.25, 0.3) is 0 Å². The van der Waals surface area contributed by atoms with E-state index in [-0.39, 0.29) is 11.3 Å². The van der Waals surface area contributed by atoms with Crippen LogP contribution in [0.15, 0.2) is 42.5 Å². The number of hydrogen-bond donors (Lipinski definition) is 1. The molecule has 0 aliphatic carbocycles. The van der Waals surface area contributed by atoms with Gasteiger partial charge in [-0.2, -0.15) is 0 Å². The van der Waals surface area contributed by atoms with Crippen LogP contribution in [0.3, 0.4) is 0 Å². The first-order chi connectivity index (χ1) is 10.1. The van der Waals surface area contributed by atoms with Gasteiger partial charge in [0.05, 0.1) is 6.61 Å². The van der Waals surface area contributed by atoms with Gasteiger partial charge in [0.1, 0.15) is 17.1 Å². The van der Waals surface area contributed by atoms with Gasteiger partial charge in [0.2, 0.25) is 0 Å². The van der Waals surface area contributed by atoms with Gasteiger partial charge in [0, 0.05) is 0 Å². The average Bonchev–Trinajstić information content (AvgIpc) is 2.48. The largest absolute Gasteiger partial charge is 0.490 e. The summed E-state index contributed by atoms with van der Waals surface area (Å²) in [7, 11) is 0. The van der Waals surface area contributed by atoms with Crippen molar-refractivity contribution in [2.45, 2.75) is 13.3 Å². The molecular formula is C16H15FO4. The van der Waals surface area contributed by atoms with Gasteiger partial charge in [-0.15, -0.1) is 0 Å². The Labute approximate surface area is 121 Å². The van der Waals surface area contributed by atoms with Gasteiger partial charge < -0.3 is 14.6 Å². The first kappa shape index (κ1) is 14.8. The molecule has 1 N–H and O–H groups in total. The molecule has 0 saturated heterocycles. The van der Waals surface area contributed by atoms with Crippen molar-refractivity contribution in [2.24, 2.45) is 0 Å². The third kappa shape index (κ3) is 3.72. The van der Waals surface area contributed by atoms with Crippen LogP contribution >= 0.6 is 0 Å². The molecule has 0 saturated carbocycles. The lowest BCUT2D eigenvalue weighted by molar-refractivity contribution is 0.0693. The molecule has 0 bridgehead atoms. The Hall–Kier alpha value is -2.56. The van der Waals surface area contributed by atoms with Crippen molar-refractivity contribution >= 4 is 5.97 Å². The highest BCUT2D eigenvalue weighted by Gasteiger charge is 2.15. The van der Waals surface area contributed by atoms with Gasteiger partial charge in [-0.1, -0.05) is 19.1 Å². The van der Waals surface area contributed by atoms with Crippen LogP contribution in [0, 0.1) is 5.82 Å². The van der Waals surface area contributed by atoms with E-state index in [4.69, 9.17) is 14.6 Å². The monoisotopic (exact) mass is 290 g/mol. The minimum absolute atomic E-state index is 0.0662. The van der Waals surface area contributed by atoms with Crippen molar-refractivity contribution < 1.29 is 23.8 Å². The normalized spacial score (nSPS) is 10.2. The lowest BCUT2D eigenvalue weighted by Gasteiger charge is -2.13. The molecule has 0 spiro atoms. The molecule has 0 unspecified atom stereocenters. The van der Waals surface area contributed by atoms with Crippen molar-refractivity contribution in [2.75, 3.05) is 6.61 Å². The van der Waals surface area contributed by atoms with Crippen LogP contribution in [0.2, 0.25) is 0 Å². The molecule has 0 aliphatic rings. The fourth-order valence-corrected chi connectivity index (χ4v) is 1.74. The zero-order chi connectivity index (χ0) is 15.2. The van der Waals surface area contributed by atoms with E-state index in [0.29, 0.717) is 18.1 Å². The molecule has 0 aromatic heterocycles. The molecule has 0 radical (unpaired) electrons. The van der Waals surface area contributed by atoms with E-state index in [1.54, 1.807) is 24.3 Å². The van der Waals surface area contributed by atoms with E-state index in [0.717, 1.165) is 18.6 Å². The minimum Gasteiger partial charge on any atom is -0.490 e. The molecule has 0 aliphatic heterocycles. The second kappa shape index (κ2) is 6.74. The predicted octanol–water partition coefficient (Wildman–Crippen LogP) is 4.11.